The van der Waals surface area contributed by atoms with Crippen molar-refractivity contribution < 1.29 is 14.3 Å². The quantitative estimate of drug-likeness (QED) is 0.641. The van der Waals surface area contributed by atoms with Gasteiger partial charge < -0.3 is 15.4 Å². The molecular formula is C25H25N3O3. The Balaban J connectivity index is 1.38. The first-order valence-electron chi connectivity index (χ1n) is 10.8. The number of aryl methyl sites for hydroxylation is 1. The zero-order valence-corrected chi connectivity index (χ0v) is 17.5. The molecule has 1 aliphatic heterocycles. The number of benzene rings is 2. The van der Waals surface area contributed by atoms with Gasteiger partial charge in [0.05, 0.1) is 12.5 Å². The summed E-state index contributed by atoms with van der Waals surface area (Å²) in [7, 11) is 0. The summed E-state index contributed by atoms with van der Waals surface area (Å²) in [4.78, 5) is 28.9. The van der Waals surface area contributed by atoms with E-state index < -0.39 is 0 Å². The van der Waals surface area contributed by atoms with Crippen LogP contribution >= 0.6 is 0 Å². The second kappa shape index (κ2) is 8.12. The molecule has 1 aromatic heterocycles. The molecule has 0 radical (unpaired) electrons. The SMILES string of the molecule is Cc1ccc(NC(=O)[C@H]2CCOC2)cc1-c1ccc2cc(NC(=O)C3CC3)ncc2c1. The molecule has 2 aliphatic rings. The second-order valence-electron chi connectivity index (χ2n) is 8.47. The largest absolute Gasteiger partial charge is 0.381 e. The number of fused-ring (bicyclic) bond motifs is 1. The molecule has 2 N–H and O–H groups in total. The number of carbonyl (C=O) groups excluding carboxylic acids is 2. The van der Waals surface area contributed by atoms with Crippen LogP contribution in [0.4, 0.5) is 11.5 Å². The summed E-state index contributed by atoms with van der Waals surface area (Å²) in [6, 6.07) is 14.1. The molecule has 31 heavy (non-hydrogen) atoms. The van der Waals surface area contributed by atoms with Gasteiger partial charge in [-0.1, -0.05) is 18.2 Å². The third-order valence-electron chi connectivity index (χ3n) is 6.04. The highest BCUT2D eigenvalue weighted by atomic mass is 16.5. The average Bonchev–Trinajstić information content (AvgIpc) is 3.48. The number of aromatic nitrogens is 1. The Morgan fingerprint density at radius 1 is 0.935 bits per heavy atom. The van der Waals surface area contributed by atoms with E-state index in [-0.39, 0.29) is 23.7 Å². The monoisotopic (exact) mass is 415 g/mol. The van der Waals surface area contributed by atoms with E-state index in [1.807, 2.05) is 30.3 Å². The summed E-state index contributed by atoms with van der Waals surface area (Å²) in [5.41, 5.74) is 4.03. The molecule has 2 heterocycles. The van der Waals surface area contributed by atoms with Crippen LogP contribution in [0.5, 0.6) is 0 Å². The van der Waals surface area contributed by atoms with Crippen molar-refractivity contribution in [1.29, 1.82) is 0 Å². The maximum Gasteiger partial charge on any atom is 0.229 e. The molecule has 6 nitrogen and oxygen atoms in total. The summed E-state index contributed by atoms with van der Waals surface area (Å²) < 4.78 is 5.32. The molecule has 1 saturated carbocycles. The van der Waals surface area contributed by atoms with Gasteiger partial charge in [-0.3, -0.25) is 9.59 Å². The summed E-state index contributed by atoms with van der Waals surface area (Å²) in [6.45, 7) is 3.20. The van der Waals surface area contributed by atoms with Crippen molar-refractivity contribution in [1.82, 2.24) is 4.98 Å². The maximum atomic E-state index is 12.4. The van der Waals surface area contributed by atoms with Gasteiger partial charge >= 0.3 is 0 Å². The van der Waals surface area contributed by atoms with Crippen LogP contribution in [-0.4, -0.2) is 30.0 Å². The van der Waals surface area contributed by atoms with Gasteiger partial charge in [0.1, 0.15) is 5.82 Å². The normalized spacial score (nSPS) is 18.2. The Morgan fingerprint density at radius 2 is 1.77 bits per heavy atom. The summed E-state index contributed by atoms with van der Waals surface area (Å²) in [6.07, 6.45) is 4.50. The molecule has 0 unspecified atom stereocenters. The number of nitrogens with zero attached hydrogens (tertiary/aromatic N) is 1. The number of hydrogen-bond acceptors (Lipinski definition) is 4. The van der Waals surface area contributed by atoms with Crippen LogP contribution in [0.1, 0.15) is 24.8 Å². The van der Waals surface area contributed by atoms with E-state index in [1.54, 1.807) is 6.20 Å². The highest BCUT2D eigenvalue weighted by Crippen LogP contribution is 2.32. The number of carbonyl (C=O) groups is 2. The van der Waals surface area contributed by atoms with E-state index >= 15 is 0 Å². The number of anilines is 2. The van der Waals surface area contributed by atoms with Gasteiger partial charge in [0.15, 0.2) is 0 Å². The van der Waals surface area contributed by atoms with Gasteiger partial charge in [0, 0.05) is 29.8 Å². The molecule has 2 fully saturated rings. The number of nitrogens with one attached hydrogen (secondary N) is 2. The van der Waals surface area contributed by atoms with Crippen LogP contribution in [0.3, 0.4) is 0 Å². The predicted octanol–water partition coefficient (Wildman–Crippen LogP) is 4.53. The zero-order chi connectivity index (χ0) is 21.4. The molecule has 0 bridgehead atoms. The molecule has 1 aliphatic carbocycles. The number of hydrogen-bond donors (Lipinski definition) is 2. The minimum absolute atomic E-state index is 0.00999. The topological polar surface area (TPSA) is 80.3 Å². The summed E-state index contributed by atoms with van der Waals surface area (Å²) in [5, 5.41) is 7.95. The highest BCUT2D eigenvalue weighted by Gasteiger charge is 2.29. The Hall–Kier alpha value is -3.25. The van der Waals surface area contributed by atoms with Crippen molar-refractivity contribution in [3.05, 3.63) is 54.2 Å². The minimum atomic E-state index is -0.0777. The zero-order valence-electron chi connectivity index (χ0n) is 17.5. The number of rotatable bonds is 5. The Labute approximate surface area is 181 Å². The third kappa shape index (κ3) is 4.30. The molecule has 1 saturated heterocycles. The van der Waals surface area contributed by atoms with Crippen LogP contribution in [0.25, 0.3) is 21.9 Å². The molecule has 0 spiro atoms. The van der Waals surface area contributed by atoms with Crippen LogP contribution in [0.15, 0.2) is 48.7 Å². The van der Waals surface area contributed by atoms with Crippen LogP contribution in [0.2, 0.25) is 0 Å². The van der Waals surface area contributed by atoms with Crippen LogP contribution in [0, 0.1) is 18.8 Å². The van der Waals surface area contributed by atoms with Gasteiger partial charge in [0.25, 0.3) is 0 Å². The van der Waals surface area contributed by atoms with E-state index in [0.717, 1.165) is 52.4 Å². The number of pyridine rings is 1. The van der Waals surface area contributed by atoms with E-state index in [2.05, 4.69) is 34.7 Å². The first-order valence-corrected chi connectivity index (χ1v) is 10.8. The lowest BCUT2D eigenvalue weighted by Crippen LogP contribution is -2.22. The average molecular weight is 415 g/mol. The fourth-order valence-corrected chi connectivity index (χ4v) is 3.95. The first-order chi connectivity index (χ1) is 15.1. The third-order valence-corrected chi connectivity index (χ3v) is 6.04. The number of amides is 2. The summed E-state index contributed by atoms with van der Waals surface area (Å²) in [5.74, 6) is 0.731. The Bertz CT molecular complexity index is 1160. The molecule has 5 rings (SSSR count). The van der Waals surface area contributed by atoms with Crippen molar-refractivity contribution in [3.63, 3.8) is 0 Å². The van der Waals surface area contributed by atoms with Crippen molar-refractivity contribution in [2.75, 3.05) is 23.8 Å². The van der Waals surface area contributed by atoms with Crippen molar-refractivity contribution in [2.24, 2.45) is 11.8 Å². The lowest BCUT2D eigenvalue weighted by molar-refractivity contribution is -0.120. The molecule has 2 aromatic carbocycles. The standard InChI is InChI=1S/C25H25N3O3/c1-15-2-7-21(27-25(30)19-8-9-31-14-19)12-22(15)18-6-5-17-11-23(26-13-20(17)10-18)28-24(29)16-3-4-16/h2,5-7,10-13,16,19H,3-4,8-9,14H2,1H3,(H,27,30)(H,26,28,29)/t19-/m0/s1. The van der Waals surface area contributed by atoms with Gasteiger partial charge in [-0.15, -0.1) is 0 Å². The van der Waals surface area contributed by atoms with E-state index in [4.69, 9.17) is 4.74 Å². The lowest BCUT2D eigenvalue weighted by atomic mass is 9.97. The van der Waals surface area contributed by atoms with Crippen molar-refractivity contribution in [3.8, 4) is 11.1 Å². The van der Waals surface area contributed by atoms with E-state index in [9.17, 15) is 9.59 Å². The molecule has 1 atom stereocenters. The van der Waals surface area contributed by atoms with Gasteiger partial charge in [0.2, 0.25) is 11.8 Å². The smallest absolute Gasteiger partial charge is 0.229 e. The van der Waals surface area contributed by atoms with Gasteiger partial charge in [-0.2, -0.15) is 0 Å². The van der Waals surface area contributed by atoms with E-state index in [1.165, 1.54) is 0 Å². The number of ether oxygens (including phenoxy) is 1. The molecular weight excluding hydrogens is 390 g/mol. The molecule has 6 heteroatoms. The van der Waals surface area contributed by atoms with E-state index in [0.29, 0.717) is 19.0 Å². The predicted molar refractivity (Wildman–Crippen MR) is 121 cm³/mol. The maximum absolute atomic E-state index is 12.4. The van der Waals surface area contributed by atoms with Crippen molar-refractivity contribution in [2.45, 2.75) is 26.2 Å². The molecule has 2 amide bonds. The Morgan fingerprint density at radius 3 is 2.55 bits per heavy atom. The van der Waals surface area contributed by atoms with Crippen LogP contribution in [-0.2, 0) is 14.3 Å². The summed E-state index contributed by atoms with van der Waals surface area (Å²) >= 11 is 0. The first kappa shape index (κ1) is 19.7. The lowest BCUT2D eigenvalue weighted by Gasteiger charge is -2.13. The molecule has 158 valence electrons. The fraction of sp³-hybridized carbons (Fsp3) is 0.320. The minimum Gasteiger partial charge on any atom is -0.381 e. The van der Waals surface area contributed by atoms with Gasteiger partial charge in [-0.25, -0.2) is 4.98 Å². The highest BCUT2D eigenvalue weighted by molar-refractivity contribution is 5.96. The molecule has 3 aromatic rings. The second-order valence-corrected chi connectivity index (χ2v) is 8.47. The fourth-order valence-electron chi connectivity index (χ4n) is 3.95. The Kier molecular flexibility index (Phi) is 5.16. The van der Waals surface area contributed by atoms with Crippen molar-refractivity contribution >= 4 is 34.1 Å². The van der Waals surface area contributed by atoms with Crippen LogP contribution < -0.4 is 10.6 Å². The van der Waals surface area contributed by atoms with Gasteiger partial charge in [-0.05, 0) is 72.5 Å².